The summed E-state index contributed by atoms with van der Waals surface area (Å²) in [6.07, 6.45) is 0. The topological polar surface area (TPSA) is 38.7 Å². The van der Waals surface area contributed by atoms with Crippen molar-refractivity contribution in [3.05, 3.63) is 82.9 Å². The van der Waals surface area contributed by atoms with E-state index >= 15 is 0 Å². The first kappa shape index (κ1) is 15.3. The molecule has 3 nitrogen and oxygen atoms in total. The molecule has 0 radical (unpaired) electrons. The summed E-state index contributed by atoms with van der Waals surface area (Å²) in [6.45, 7) is 1.82. The van der Waals surface area contributed by atoms with Crippen molar-refractivity contribution in [2.45, 2.75) is 6.92 Å². The van der Waals surface area contributed by atoms with Crippen LogP contribution in [0.4, 0.5) is 0 Å². The van der Waals surface area contributed by atoms with Crippen LogP contribution >= 0.6 is 11.6 Å². The molecule has 0 bridgehead atoms. The van der Waals surface area contributed by atoms with Crippen LogP contribution < -0.4 is 0 Å². The van der Waals surface area contributed by atoms with Gasteiger partial charge in [-0.25, -0.2) is 4.79 Å². The Hall–Kier alpha value is -2.65. The van der Waals surface area contributed by atoms with Gasteiger partial charge in [0.1, 0.15) is 0 Å². The van der Waals surface area contributed by atoms with E-state index in [1.165, 1.54) is 0 Å². The van der Waals surface area contributed by atoms with Crippen LogP contribution in [0.1, 0.15) is 22.8 Å². The quantitative estimate of drug-likeness (QED) is 0.383. The number of halogens is 1. The number of fused-ring (bicyclic) bond motifs is 1. The number of carbonyl (C=O) groups is 1. The molecule has 23 heavy (non-hydrogen) atoms. The second-order valence-corrected chi connectivity index (χ2v) is 5.53. The maximum absolute atomic E-state index is 12.0. The average Bonchev–Trinajstić information content (AvgIpc) is 2.59. The molecule has 0 atom stereocenters. The van der Waals surface area contributed by atoms with Gasteiger partial charge in [-0.3, -0.25) is 0 Å². The predicted octanol–water partition coefficient (Wildman–Crippen LogP) is 5.07. The molecule has 0 N–H and O–H groups in total. The van der Waals surface area contributed by atoms with Gasteiger partial charge < -0.3 is 4.84 Å². The molecule has 3 rings (SSSR count). The molecule has 0 saturated carbocycles. The van der Waals surface area contributed by atoms with Crippen molar-refractivity contribution in [2.24, 2.45) is 5.16 Å². The first-order valence-corrected chi connectivity index (χ1v) is 7.52. The third kappa shape index (κ3) is 3.41. The molecule has 0 aromatic heterocycles. The Morgan fingerprint density at radius 1 is 0.957 bits per heavy atom. The van der Waals surface area contributed by atoms with Crippen molar-refractivity contribution < 1.29 is 9.63 Å². The third-order valence-corrected chi connectivity index (χ3v) is 3.78. The molecule has 0 amide bonds. The highest BCUT2D eigenvalue weighted by atomic mass is 35.5. The molecule has 0 heterocycles. The Bertz CT molecular complexity index is 880. The minimum absolute atomic E-state index is 0.406. The number of hydrogen-bond acceptors (Lipinski definition) is 3. The fraction of sp³-hybridized carbons (Fsp3) is 0.0526. The molecule has 0 spiro atoms. The lowest BCUT2D eigenvalue weighted by molar-refractivity contribution is 0.0516. The van der Waals surface area contributed by atoms with Crippen LogP contribution in [0.5, 0.6) is 0 Å². The van der Waals surface area contributed by atoms with Gasteiger partial charge >= 0.3 is 5.97 Å². The smallest absolute Gasteiger partial charge is 0.313 e. The van der Waals surface area contributed by atoms with E-state index in [-0.39, 0.29) is 0 Å². The molecule has 0 unspecified atom stereocenters. The molecule has 3 aromatic carbocycles. The number of carbonyl (C=O) groups excluding carboxylic acids is 1. The van der Waals surface area contributed by atoms with Crippen LogP contribution in [0.2, 0.25) is 5.02 Å². The fourth-order valence-corrected chi connectivity index (χ4v) is 2.46. The summed E-state index contributed by atoms with van der Waals surface area (Å²) in [5.74, 6) is -0.513. The van der Waals surface area contributed by atoms with Gasteiger partial charge in [0.2, 0.25) is 0 Å². The molecule has 0 fully saturated rings. The largest absolute Gasteiger partial charge is 0.365 e. The third-order valence-electron chi connectivity index (χ3n) is 3.52. The van der Waals surface area contributed by atoms with E-state index in [1.54, 1.807) is 24.3 Å². The fourth-order valence-electron chi connectivity index (χ4n) is 2.34. The van der Waals surface area contributed by atoms with E-state index in [4.69, 9.17) is 16.4 Å². The highest BCUT2D eigenvalue weighted by molar-refractivity contribution is 6.30. The summed E-state index contributed by atoms with van der Waals surface area (Å²) in [6, 6.07) is 20.4. The maximum Gasteiger partial charge on any atom is 0.365 e. The van der Waals surface area contributed by atoms with Gasteiger partial charge in [0.05, 0.1) is 11.3 Å². The van der Waals surface area contributed by atoms with E-state index in [0.717, 1.165) is 16.3 Å². The lowest BCUT2D eigenvalue weighted by Crippen LogP contribution is -2.04. The van der Waals surface area contributed by atoms with Gasteiger partial charge in [-0.15, -0.1) is 0 Å². The molecule has 114 valence electrons. The highest BCUT2D eigenvalue weighted by Crippen LogP contribution is 2.19. The van der Waals surface area contributed by atoms with Gasteiger partial charge in [-0.2, -0.15) is 0 Å². The lowest BCUT2D eigenvalue weighted by Gasteiger charge is -2.06. The van der Waals surface area contributed by atoms with Gasteiger partial charge in [-0.05, 0) is 42.0 Å². The van der Waals surface area contributed by atoms with Crippen molar-refractivity contribution in [3.63, 3.8) is 0 Å². The van der Waals surface area contributed by atoms with Crippen LogP contribution in [0, 0.1) is 0 Å². The Morgan fingerprint density at radius 2 is 1.65 bits per heavy atom. The van der Waals surface area contributed by atoms with E-state index < -0.39 is 5.97 Å². The van der Waals surface area contributed by atoms with Crippen molar-refractivity contribution in [1.29, 1.82) is 0 Å². The molecule has 0 aliphatic heterocycles. The summed E-state index contributed by atoms with van der Waals surface area (Å²) in [4.78, 5) is 17.0. The molecule has 0 aliphatic rings. The molecular weight excluding hydrogens is 310 g/mol. The van der Waals surface area contributed by atoms with Crippen molar-refractivity contribution in [1.82, 2.24) is 0 Å². The summed E-state index contributed by atoms with van der Waals surface area (Å²) < 4.78 is 0. The van der Waals surface area contributed by atoms with E-state index in [2.05, 4.69) is 5.16 Å². The first-order valence-electron chi connectivity index (χ1n) is 7.15. The van der Waals surface area contributed by atoms with Gasteiger partial charge in [0, 0.05) is 10.6 Å². The van der Waals surface area contributed by atoms with Crippen LogP contribution in [-0.4, -0.2) is 11.7 Å². The van der Waals surface area contributed by atoms with Gasteiger partial charge in [0.15, 0.2) is 0 Å². The first-order chi connectivity index (χ1) is 11.1. The number of oxime groups is 1. The van der Waals surface area contributed by atoms with Crippen molar-refractivity contribution in [3.8, 4) is 0 Å². The Kier molecular flexibility index (Phi) is 4.40. The van der Waals surface area contributed by atoms with Gasteiger partial charge in [0.25, 0.3) is 0 Å². The second kappa shape index (κ2) is 6.63. The minimum Gasteiger partial charge on any atom is -0.313 e. The normalized spacial score (nSPS) is 11.5. The summed E-state index contributed by atoms with van der Waals surface area (Å²) in [7, 11) is 0. The molecule has 3 aromatic rings. The second-order valence-electron chi connectivity index (χ2n) is 5.09. The lowest BCUT2D eigenvalue weighted by atomic mass is 10.0. The van der Waals surface area contributed by atoms with E-state index in [9.17, 15) is 4.79 Å². The number of rotatable bonds is 3. The monoisotopic (exact) mass is 323 g/mol. The Balaban J connectivity index is 1.84. The molecule has 0 aliphatic carbocycles. The van der Waals surface area contributed by atoms with E-state index in [0.29, 0.717) is 16.3 Å². The predicted molar refractivity (Wildman–Crippen MR) is 93.0 cm³/mol. The summed E-state index contributed by atoms with van der Waals surface area (Å²) >= 11 is 5.80. The molecular formula is C19H14ClNO2. The standard InChI is InChI=1S/C19H14ClNO2/c1-13(17-8-4-6-14-5-2-3-7-18(14)17)21-23-19(22)15-9-11-16(20)12-10-15/h2-12H,1H3. The molecule has 0 saturated heterocycles. The minimum atomic E-state index is -0.513. The number of nitrogens with zero attached hydrogens (tertiary/aromatic N) is 1. The van der Waals surface area contributed by atoms with Crippen molar-refractivity contribution in [2.75, 3.05) is 0 Å². The van der Waals surface area contributed by atoms with Crippen LogP contribution in [-0.2, 0) is 4.84 Å². The molecule has 4 heteroatoms. The zero-order valence-corrected chi connectivity index (χ0v) is 13.2. The van der Waals surface area contributed by atoms with Gasteiger partial charge in [-0.1, -0.05) is 59.2 Å². The SMILES string of the molecule is CC(=NOC(=O)c1ccc(Cl)cc1)c1cccc2ccccc12. The number of hydrogen-bond donors (Lipinski definition) is 0. The van der Waals surface area contributed by atoms with Crippen molar-refractivity contribution >= 4 is 34.1 Å². The Morgan fingerprint density at radius 3 is 2.43 bits per heavy atom. The average molecular weight is 324 g/mol. The summed E-state index contributed by atoms with van der Waals surface area (Å²) in [5.41, 5.74) is 1.99. The highest BCUT2D eigenvalue weighted by Gasteiger charge is 2.08. The van der Waals surface area contributed by atoms with E-state index in [1.807, 2.05) is 49.4 Å². The maximum atomic E-state index is 12.0. The summed E-state index contributed by atoms with van der Waals surface area (Å²) in [5, 5.41) is 6.73. The van der Waals surface area contributed by atoms with Crippen LogP contribution in [0.3, 0.4) is 0 Å². The van der Waals surface area contributed by atoms with Crippen LogP contribution in [0.25, 0.3) is 10.8 Å². The number of benzene rings is 3. The van der Waals surface area contributed by atoms with Crippen LogP contribution in [0.15, 0.2) is 71.9 Å². The zero-order chi connectivity index (χ0) is 16.2. The zero-order valence-electron chi connectivity index (χ0n) is 12.5. The Labute approximate surface area is 139 Å².